The maximum atomic E-state index is 14.1. The lowest BCUT2D eigenvalue weighted by atomic mass is 9.84. The second-order valence-electron chi connectivity index (χ2n) is 12.0. The smallest absolute Gasteiger partial charge is 0.460 e. The number of hydrogen-bond donors (Lipinski definition) is 1. The van der Waals surface area contributed by atoms with Crippen molar-refractivity contribution in [3.8, 4) is 0 Å². The van der Waals surface area contributed by atoms with Gasteiger partial charge in [0.2, 0.25) is 5.91 Å². The van der Waals surface area contributed by atoms with Gasteiger partial charge in [-0.2, -0.15) is 0 Å². The fourth-order valence-electron chi connectivity index (χ4n) is 6.54. The van der Waals surface area contributed by atoms with Crippen molar-refractivity contribution in [2.75, 3.05) is 6.61 Å². The van der Waals surface area contributed by atoms with Crippen LogP contribution in [0.5, 0.6) is 0 Å². The van der Waals surface area contributed by atoms with Crippen LogP contribution in [0.2, 0.25) is 0 Å². The first-order valence-corrected chi connectivity index (χ1v) is 15.7. The number of likely N-dealkylation sites (tertiary alicyclic amines) is 1. The van der Waals surface area contributed by atoms with Crippen molar-refractivity contribution in [3.05, 3.63) is 71.8 Å². The Bertz CT molecular complexity index is 1290. The van der Waals surface area contributed by atoms with E-state index in [9.17, 15) is 19.2 Å². The number of nitrogens with zero attached hydrogens (tertiary/aromatic N) is 1. The number of rotatable bonds is 12. The number of nitrogens with one attached hydrogen (secondary N) is 1. The average molecular weight is 607 g/mol. The Labute approximate surface area is 258 Å². The largest absolute Gasteiger partial charge is 0.509 e. The zero-order valence-electron chi connectivity index (χ0n) is 25.4. The van der Waals surface area contributed by atoms with Crippen molar-refractivity contribution in [2.45, 2.75) is 102 Å². The lowest BCUT2D eigenvalue weighted by molar-refractivity contribution is -0.157. The number of carbonyl (C=O) groups excluding carboxylic acids is 4. The van der Waals surface area contributed by atoms with Crippen molar-refractivity contribution in [3.63, 3.8) is 0 Å². The van der Waals surface area contributed by atoms with E-state index >= 15 is 0 Å². The summed E-state index contributed by atoms with van der Waals surface area (Å²) in [5.41, 5.74) is 1.93. The van der Waals surface area contributed by atoms with Gasteiger partial charge in [-0.3, -0.25) is 14.9 Å². The van der Waals surface area contributed by atoms with Crippen LogP contribution in [0.3, 0.4) is 0 Å². The van der Waals surface area contributed by atoms with Gasteiger partial charge >= 0.3 is 18.1 Å². The number of benzene rings is 2. The number of carbonyl (C=O) groups is 4. The third-order valence-electron chi connectivity index (χ3n) is 8.95. The molecule has 0 radical (unpaired) electrons. The highest BCUT2D eigenvalue weighted by atomic mass is 16.8. The summed E-state index contributed by atoms with van der Waals surface area (Å²) in [6, 6.07) is 17.0. The maximum Gasteiger partial charge on any atom is 0.509 e. The van der Waals surface area contributed by atoms with Crippen molar-refractivity contribution in [2.24, 2.45) is 5.92 Å². The van der Waals surface area contributed by atoms with Gasteiger partial charge < -0.3 is 23.8 Å². The third-order valence-corrected chi connectivity index (χ3v) is 8.95. The van der Waals surface area contributed by atoms with Gasteiger partial charge in [-0.15, -0.1) is 0 Å². The summed E-state index contributed by atoms with van der Waals surface area (Å²) < 4.78 is 21.3. The molecule has 2 aromatic rings. The van der Waals surface area contributed by atoms with Crippen molar-refractivity contribution < 1.29 is 38.1 Å². The molecule has 1 saturated carbocycles. The molecule has 10 heteroatoms. The van der Waals surface area contributed by atoms with Gasteiger partial charge in [0, 0.05) is 6.04 Å². The van der Waals surface area contributed by atoms with Gasteiger partial charge in [-0.1, -0.05) is 73.5 Å². The molecule has 0 bridgehead atoms. The first-order chi connectivity index (χ1) is 21.3. The molecule has 0 aromatic heterocycles. The topological polar surface area (TPSA) is 120 Å². The number of aryl methyl sites for hydroxylation is 1. The second-order valence-corrected chi connectivity index (χ2v) is 12.0. The summed E-state index contributed by atoms with van der Waals surface area (Å²) in [7, 11) is 0. The standard InChI is InChI=1S/C34H42N2O8/c1-22(35-27(18-17-24-11-5-3-6-12-24)32(38)42-21-30-23(2)43-34(40)44-30)31(37)36-28-16-10-9-15-26(28)19-29(36)33(39)41-20-25-13-7-4-8-14-25/h3-8,11-14,22-23,26-30,35H,9-10,15-21H2,1-2H3/t22-,23?,26+,27-,28-,29-,30?/m0/s1. The highest BCUT2D eigenvalue weighted by Crippen LogP contribution is 2.40. The van der Waals surface area contributed by atoms with Crippen LogP contribution in [0.25, 0.3) is 0 Å². The van der Waals surface area contributed by atoms with E-state index in [1.807, 2.05) is 60.7 Å². The SMILES string of the molecule is CC1OC(=O)OC1COC(=O)[C@H](CCc1ccccc1)N[C@@H](C)C(=O)N1[C@H](C(=O)OCc2ccccc2)C[C@H]2CCCC[C@@H]21. The summed E-state index contributed by atoms with van der Waals surface area (Å²) in [6.45, 7) is 3.39. The summed E-state index contributed by atoms with van der Waals surface area (Å²) in [4.78, 5) is 54.0. The molecule has 1 N–H and O–H groups in total. The van der Waals surface area contributed by atoms with Crippen LogP contribution in [-0.4, -0.2) is 71.9 Å². The average Bonchev–Trinajstić information content (AvgIpc) is 3.59. The Kier molecular flexibility index (Phi) is 10.5. The van der Waals surface area contributed by atoms with Crippen LogP contribution in [0, 0.1) is 5.92 Å². The van der Waals surface area contributed by atoms with Crippen LogP contribution < -0.4 is 5.32 Å². The Morgan fingerprint density at radius 3 is 2.32 bits per heavy atom. The quantitative estimate of drug-likeness (QED) is 0.278. The molecule has 0 spiro atoms. The van der Waals surface area contributed by atoms with Gasteiger partial charge in [0.15, 0.2) is 6.10 Å². The monoisotopic (exact) mass is 606 g/mol. The minimum absolute atomic E-state index is 0.0389. The second kappa shape index (κ2) is 14.7. The van der Waals surface area contributed by atoms with Crippen molar-refractivity contribution >= 4 is 24.0 Å². The number of amides is 1. The van der Waals surface area contributed by atoms with Crippen LogP contribution in [0.1, 0.15) is 63.5 Å². The van der Waals surface area contributed by atoms with Gasteiger partial charge in [-0.25, -0.2) is 9.59 Å². The van der Waals surface area contributed by atoms with E-state index in [0.717, 1.165) is 36.8 Å². The van der Waals surface area contributed by atoms with E-state index in [4.69, 9.17) is 18.9 Å². The van der Waals surface area contributed by atoms with E-state index in [0.29, 0.717) is 19.3 Å². The first kappa shape index (κ1) is 31.5. The Morgan fingerprint density at radius 2 is 1.64 bits per heavy atom. The number of cyclic esters (lactones) is 2. The molecule has 3 aliphatic rings. The molecular formula is C34H42N2O8. The normalized spacial score (nSPS) is 25.7. The van der Waals surface area contributed by atoms with Gasteiger partial charge in [0.05, 0.1) is 6.04 Å². The first-order valence-electron chi connectivity index (χ1n) is 15.7. The van der Waals surface area contributed by atoms with E-state index < -0.39 is 48.4 Å². The molecule has 236 valence electrons. The molecule has 2 aliphatic heterocycles. The highest BCUT2D eigenvalue weighted by molar-refractivity contribution is 5.89. The molecule has 2 heterocycles. The summed E-state index contributed by atoms with van der Waals surface area (Å²) in [6.07, 6.45) is 3.40. The predicted molar refractivity (Wildman–Crippen MR) is 160 cm³/mol. The van der Waals surface area contributed by atoms with Crippen LogP contribution in [0.4, 0.5) is 4.79 Å². The Hall–Kier alpha value is -3.92. The Balaban J connectivity index is 1.27. The number of ether oxygens (including phenoxy) is 4. The van der Waals surface area contributed by atoms with Gasteiger partial charge in [0.1, 0.15) is 31.4 Å². The van der Waals surface area contributed by atoms with Gasteiger partial charge in [-0.05, 0) is 63.0 Å². The van der Waals surface area contributed by atoms with Crippen molar-refractivity contribution in [1.29, 1.82) is 0 Å². The molecule has 1 amide bonds. The van der Waals surface area contributed by atoms with E-state index in [2.05, 4.69) is 5.32 Å². The van der Waals surface area contributed by atoms with Crippen LogP contribution in [-0.2, 0) is 46.4 Å². The summed E-state index contributed by atoms with van der Waals surface area (Å²) in [5, 5.41) is 3.22. The van der Waals surface area contributed by atoms with Crippen molar-refractivity contribution in [1.82, 2.24) is 10.2 Å². The molecule has 7 atom stereocenters. The minimum atomic E-state index is -0.810. The fraction of sp³-hybridized carbons (Fsp3) is 0.529. The highest BCUT2D eigenvalue weighted by Gasteiger charge is 2.49. The molecule has 2 unspecified atom stereocenters. The molecular weight excluding hydrogens is 564 g/mol. The van der Waals surface area contributed by atoms with E-state index in [-0.39, 0.29) is 31.1 Å². The molecule has 1 aliphatic carbocycles. The molecule has 44 heavy (non-hydrogen) atoms. The molecule has 5 rings (SSSR count). The number of esters is 2. The number of hydrogen-bond acceptors (Lipinski definition) is 9. The summed E-state index contributed by atoms with van der Waals surface area (Å²) in [5.74, 6) is -0.936. The van der Waals surface area contributed by atoms with Crippen LogP contribution >= 0.6 is 0 Å². The lowest BCUT2D eigenvalue weighted by Gasteiger charge is -2.35. The Morgan fingerprint density at radius 1 is 0.955 bits per heavy atom. The fourth-order valence-corrected chi connectivity index (χ4v) is 6.54. The zero-order valence-corrected chi connectivity index (χ0v) is 25.4. The maximum absolute atomic E-state index is 14.1. The molecule has 10 nitrogen and oxygen atoms in total. The molecule has 2 aromatic carbocycles. The van der Waals surface area contributed by atoms with E-state index in [1.54, 1.807) is 18.7 Å². The van der Waals surface area contributed by atoms with Crippen LogP contribution in [0.15, 0.2) is 60.7 Å². The number of fused-ring (bicyclic) bond motifs is 1. The summed E-state index contributed by atoms with van der Waals surface area (Å²) >= 11 is 0. The van der Waals surface area contributed by atoms with Gasteiger partial charge in [0.25, 0.3) is 0 Å². The third kappa shape index (κ3) is 7.77. The minimum Gasteiger partial charge on any atom is -0.460 e. The molecule has 3 fully saturated rings. The molecule has 2 saturated heterocycles. The predicted octanol–water partition coefficient (Wildman–Crippen LogP) is 4.34. The zero-order chi connectivity index (χ0) is 31.1. The lowest BCUT2D eigenvalue weighted by Crippen LogP contribution is -2.56. The van der Waals surface area contributed by atoms with E-state index in [1.165, 1.54) is 0 Å².